The van der Waals surface area contributed by atoms with Gasteiger partial charge in [0, 0.05) is 0 Å². The van der Waals surface area contributed by atoms with E-state index in [1.807, 2.05) is 0 Å². The second-order valence-electron chi connectivity index (χ2n) is 4.73. The first kappa shape index (κ1) is 21.6. The highest BCUT2D eigenvalue weighted by molar-refractivity contribution is 8.47. The molecule has 0 bridgehead atoms. The van der Waals surface area contributed by atoms with Gasteiger partial charge in [-0.3, -0.25) is 9.59 Å². The van der Waals surface area contributed by atoms with Gasteiger partial charge < -0.3 is 19.7 Å². The zero-order valence-electron chi connectivity index (χ0n) is 13.0. The fourth-order valence-corrected chi connectivity index (χ4v) is 3.91. The first-order valence-electron chi connectivity index (χ1n) is 6.70. The molecule has 0 radical (unpaired) electrons. The van der Waals surface area contributed by atoms with Crippen LogP contribution in [0.2, 0.25) is 0 Å². The fourth-order valence-electron chi connectivity index (χ4n) is 1.05. The third kappa shape index (κ3) is 10.4. The van der Waals surface area contributed by atoms with Crippen molar-refractivity contribution in [2.75, 3.05) is 13.2 Å². The average Bonchev–Trinajstić information content (AvgIpc) is 2.41. The topological polar surface area (TPSA) is 93.1 Å². The van der Waals surface area contributed by atoms with E-state index in [1.54, 1.807) is 13.8 Å². The molecular weight excluding hydrogens is 348 g/mol. The lowest BCUT2D eigenvalue weighted by Crippen LogP contribution is -2.24. The zero-order valence-corrected chi connectivity index (χ0v) is 15.4. The average molecular weight is 371 g/mol. The van der Waals surface area contributed by atoms with E-state index < -0.39 is 34.6 Å². The predicted octanol–water partition coefficient (Wildman–Crippen LogP) is 1.36. The molecule has 9 heteroatoms. The molecule has 0 rings (SSSR count). The van der Waals surface area contributed by atoms with E-state index in [0.717, 1.165) is 23.5 Å². The lowest BCUT2D eigenvalue weighted by molar-refractivity contribution is -0.146. The summed E-state index contributed by atoms with van der Waals surface area (Å²) < 4.78 is 10.2. The van der Waals surface area contributed by atoms with Crippen molar-refractivity contribution in [3.8, 4) is 0 Å². The number of aliphatic hydroxyl groups is 2. The van der Waals surface area contributed by atoms with Gasteiger partial charge in [-0.15, -0.1) is 0 Å². The van der Waals surface area contributed by atoms with Gasteiger partial charge in [0.05, 0.1) is 12.2 Å². The summed E-state index contributed by atoms with van der Waals surface area (Å²) in [5.41, 5.74) is 0. The Kier molecular flexibility index (Phi) is 11.0. The largest absolute Gasteiger partial charge is 0.462 e. The zero-order chi connectivity index (χ0) is 17.3. The summed E-state index contributed by atoms with van der Waals surface area (Å²) in [6.45, 7) is 6.19. The van der Waals surface area contributed by atoms with Gasteiger partial charge in [-0.05, 0) is 27.7 Å². The van der Waals surface area contributed by atoms with Gasteiger partial charge in [0.25, 0.3) is 0 Å². The number of rotatable bonds is 8. The Balaban J connectivity index is 4.15. The molecule has 0 aromatic rings. The van der Waals surface area contributed by atoms with Crippen molar-refractivity contribution in [3.05, 3.63) is 0 Å². The van der Waals surface area contributed by atoms with Crippen LogP contribution >= 0.6 is 35.7 Å². The third-order valence-corrected chi connectivity index (χ3v) is 4.78. The summed E-state index contributed by atoms with van der Waals surface area (Å²) >= 11 is 7.35. The summed E-state index contributed by atoms with van der Waals surface area (Å²) in [7, 11) is 0. The Labute approximate surface area is 144 Å². The van der Waals surface area contributed by atoms with E-state index in [1.165, 1.54) is 13.8 Å². The maximum atomic E-state index is 11.6. The SMILES string of the molecule is CC(O)COC(=O)C(C)SC(=S)SC(C)C(=O)OCC(C)O. The van der Waals surface area contributed by atoms with Gasteiger partial charge in [0.1, 0.15) is 27.2 Å². The number of carbonyl (C=O) groups excluding carboxylic acids is 2. The van der Waals surface area contributed by atoms with Crippen LogP contribution in [-0.4, -0.2) is 61.6 Å². The highest BCUT2D eigenvalue weighted by Crippen LogP contribution is 2.26. The van der Waals surface area contributed by atoms with Crippen molar-refractivity contribution >= 4 is 51.2 Å². The molecule has 0 saturated carbocycles. The van der Waals surface area contributed by atoms with Gasteiger partial charge in [-0.25, -0.2) is 0 Å². The van der Waals surface area contributed by atoms with Crippen molar-refractivity contribution in [3.63, 3.8) is 0 Å². The summed E-state index contributed by atoms with van der Waals surface area (Å²) in [6, 6.07) is 0. The van der Waals surface area contributed by atoms with Gasteiger partial charge in [-0.2, -0.15) is 0 Å². The standard InChI is InChI=1S/C13H22O6S3/c1-7(14)5-18-11(16)9(3)21-13(20)22-10(4)12(17)19-6-8(2)15/h7-10,14-15H,5-6H2,1-4H3. The lowest BCUT2D eigenvalue weighted by atomic mass is 10.4. The van der Waals surface area contributed by atoms with E-state index >= 15 is 0 Å². The summed E-state index contributed by atoms with van der Waals surface area (Å²) in [5.74, 6) is -0.948. The molecule has 0 amide bonds. The van der Waals surface area contributed by atoms with Crippen LogP contribution in [0, 0.1) is 0 Å². The summed E-state index contributed by atoms with van der Waals surface area (Å²) in [4.78, 5) is 23.3. The third-order valence-electron chi connectivity index (χ3n) is 2.14. The number of carbonyl (C=O) groups is 2. The van der Waals surface area contributed by atoms with Crippen molar-refractivity contribution in [2.24, 2.45) is 0 Å². The van der Waals surface area contributed by atoms with Crippen LogP contribution in [0.15, 0.2) is 0 Å². The minimum Gasteiger partial charge on any atom is -0.462 e. The molecule has 0 aliphatic rings. The minimum atomic E-state index is -0.716. The Bertz CT molecular complexity index is 352. The maximum Gasteiger partial charge on any atom is 0.319 e. The normalized spacial score (nSPS) is 16.3. The predicted molar refractivity (Wildman–Crippen MR) is 92.0 cm³/mol. The molecule has 22 heavy (non-hydrogen) atoms. The highest BCUT2D eigenvalue weighted by Gasteiger charge is 2.22. The Morgan fingerprint density at radius 1 is 0.909 bits per heavy atom. The van der Waals surface area contributed by atoms with Crippen LogP contribution in [-0.2, 0) is 19.1 Å². The van der Waals surface area contributed by atoms with Crippen LogP contribution in [0.4, 0.5) is 0 Å². The molecule has 6 nitrogen and oxygen atoms in total. The number of hydrogen-bond donors (Lipinski definition) is 2. The number of aliphatic hydroxyl groups excluding tert-OH is 2. The van der Waals surface area contributed by atoms with Gasteiger partial charge in [-0.1, -0.05) is 35.7 Å². The smallest absolute Gasteiger partial charge is 0.319 e. The first-order valence-corrected chi connectivity index (χ1v) is 8.86. The minimum absolute atomic E-state index is 0.0638. The first-order chi connectivity index (χ1) is 10.1. The molecule has 4 atom stereocenters. The number of esters is 2. The quantitative estimate of drug-likeness (QED) is 0.485. The van der Waals surface area contributed by atoms with Crippen LogP contribution in [0.25, 0.3) is 0 Å². The van der Waals surface area contributed by atoms with E-state index in [2.05, 4.69) is 0 Å². The van der Waals surface area contributed by atoms with Gasteiger partial charge in [0.15, 0.2) is 0 Å². The summed E-state index contributed by atoms with van der Waals surface area (Å²) in [5, 5.41) is 17.0. The van der Waals surface area contributed by atoms with E-state index in [9.17, 15) is 9.59 Å². The molecule has 0 aliphatic heterocycles. The molecule has 4 unspecified atom stereocenters. The van der Waals surface area contributed by atoms with Crippen molar-refractivity contribution in [1.29, 1.82) is 0 Å². The van der Waals surface area contributed by atoms with Crippen LogP contribution < -0.4 is 0 Å². The molecule has 128 valence electrons. The fraction of sp³-hybridized carbons (Fsp3) is 0.769. The maximum absolute atomic E-state index is 11.6. The molecule has 0 fully saturated rings. The van der Waals surface area contributed by atoms with E-state index in [0.29, 0.717) is 3.53 Å². The van der Waals surface area contributed by atoms with Crippen LogP contribution in [0.1, 0.15) is 27.7 Å². The number of hydrogen-bond acceptors (Lipinski definition) is 9. The Hall–Kier alpha value is -0.350. The van der Waals surface area contributed by atoms with Crippen molar-refractivity contribution in [1.82, 2.24) is 0 Å². The molecule has 0 aromatic heterocycles. The Morgan fingerprint density at radius 2 is 1.23 bits per heavy atom. The van der Waals surface area contributed by atoms with Gasteiger partial charge in [0.2, 0.25) is 0 Å². The molecular formula is C13H22O6S3. The van der Waals surface area contributed by atoms with Gasteiger partial charge >= 0.3 is 11.9 Å². The molecule has 2 N–H and O–H groups in total. The molecule has 0 saturated heterocycles. The second kappa shape index (κ2) is 11.2. The molecule has 0 aromatic carbocycles. The highest BCUT2D eigenvalue weighted by atomic mass is 32.2. The van der Waals surface area contributed by atoms with Crippen molar-refractivity contribution < 1.29 is 29.3 Å². The number of thioether (sulfide) groups is 2. The second-order valence-corrected chi connectivity index (χ2v) is 8.61. The monoisotopic (exact) mass is 370 g/mol. The lowest BCUT2D eigenvalue weighted by Gasteiger charge is -2.15. The van der Waals surface area contributed by atoms with E-state index in [4.69, 9.17) is 31.9 Å². The van der Waals surface area contributed by atoms with E-state index in [-0.39, 0.29) is 13.2 Å². The molecule has 0 aliphatic carbocycles. The Morgan fingerprint density at radius 3 is 1.50 bits per heavy atom. The summed E-state index contributed by atoms with van der Waals surface area (Å²) in [6.07, 6.45) is -1.43. The van der Waals surface area contributed by atoms with Crippen molar-refractivity contribution in [2.45, 2.75) is 50.4 Å². The van der Waals surface area contributed by atoms with Crippen LogP contribution in [0.5, 0.6) is 0 Å². The number of ether oxygens (including phenoxy) is 2. The molecule has 0 heterocycles. The van der Waals surface area contributed by atoms with Crippen LogP contribution in [0.3, 0.4) is 0 Å². The molecule has 0 spiro atoms. The number of thiocarbonyl (C=S) groups is 1.